The minimum absolute atomic E-state index is 0.129. The number of anilines is 2. The number of hydrogen-bond donors (Lipinski definition) is 3. The van der Waals surface area contributed by atoms with Crippen LogP contribution in [0.15, 0.2) is 18.2 Å². The molecule has 4 N–H and O–H groups in total. The van der Waals surface area contributed by atoms with Crippen LogP contribution in [0.4, 0.5) is 11.4 Å². The fraction of sp³-hybridized carbons (Fsp3) is 0.417. The van der Waals surface area contributed by atoms with E-state index in [2.05, 4.69) is 0 Å². The van der Waals surface area contributed by atoms with Crippen LogP contribution >= 0.6 is 0 Å². The van der Waals surface area contributed by atoms with E-state index in [0.717, 1.165) is 12.2 Å². The number of aliphatic hydroxyl groups is 1. The third-order valence-corrected chi connectivity index (χ3v) is 2.58. The van der Waals surface area contributed by atoms with Gasteiger partial charge in [0.15, 0.2) is 0 Å². The van der Waals surface area contributed by atoms with Crippen molar-refractivity contribution in [2.45, 2.75) is 13.3 Å². The zero-order chi connectivity index (χ0) is 12.8. The van der Waals surface area contributed by atoms with Crippen LogP contribution in [0.3, 0.4) is 0 Å². The number of nitrogen functional groups attached to an aromatic ring is 1. The van der Waals surface area contributed by atoms with E-state index in [1.165, 1.54) is 12.1 Å². The van der Waals surface area contributed by atoms with E-state index in [1.54, 1.807) is 6.07 Å². The van der Waals surface area contributed by atoms with Crippen LogP contribution in [-0.4, -0.2) is 35.9 Å². The monoisotopic (exact) mass is 238 g/mol. The molecule has 1 aromatic carbocycles. The SMILES string of the molecule is CCN(CCCO)c1ccc(C(=O)O)cc1N. The lowest BCUT2D eigenvalue weighted by Crippen LogP contribution is -2.25. The van der Waals surface area contributed by atoms with Crippen LogP contribution in [0.2, 0.25) is 0 Å². The van der Waals surface area contributed by atoms with Crippen LogP contribution in [0.25, 0.3) is 0 Å². The average molecular weight is 238 g/mol. The van der Waals surface area contributed by atoms with Crippen LogP contribution < -0.4 is 10.6 Å². The Labute approximate surface area is 100 Å². The summed E-state index contributed by atoms with van der Waals surface area (Å²) >= 11 is 0. The molecule has 5 heteroatoms. The number of rotatable bonds is 6. The number of aliphatic hydroxyl groups excluding tert-OH is 1. The molecule has 0 bridgehead atoms. The highest BCUT2D eigenvalue weighted by Gasteiger charge is 2.10. The molecule has 5 nitrogen and oxygen atoms in total. The summed E-state index contributed by atoms with van der Waals surface area (Å²) < 4.78 is 0. The van der Waals surface area contributed by atoms with Crippen molar-refractivity contribution >= 4 is 17.3 Å². The number of nitrogens with two attached hydrogens (primary N) is 1. The number of nitrogens with zero attached hydrogens (tertiary/aromatic N) is 1. The summed E-state index contributed by atoms with van der Waals surface area (Å²) in [6, 6.07) is 4.70. The Morgan fingerprint density at radius 2 is 2.18 bits per heavy atom. The zero-order valence-corrected chi connectivity index (χ0v) is 9.89. The van der Waals surface area contributed by atoms with Crippen LogP contribution in [0.1, 0.15) is 23.7 Å². The topological polar surface area (TPSA) is 86.8 Å². The van der Waals surface area contributed by atoms with Gasteiger partial charge in [0.05, 0.1) is 16.9 Å². The average Bonchev–Trinajstić information content (AvgIpc) is 2.31. The first-order valence-corrected chi connectivity index (χ1v) is 5.58. The largest absolute Gasteiger partial charge is 0.478 e. The third kappa shape index (κ3) is 3.35. The summed E-state index contributed by atoms with van der Waals surface area (Å²) in [7, 11) is 0. The van der Waals surface area contributed by atoms with E-state index in [1.807, 2.05) is 11.8 Å². The van der Waals surface area contributed by atoms with E-state index in [-0.39, 0.29) is 12.2 Å². The van der Waals surface area contributed by atoms with Gasteiger partial charge in [-0.3, -0.25) is 0 Å². The Morgan fingerprint density at radius 1 is 1.47 bits per heavy atom. The van der Waals surface area contributed by atoms with Crippen LogP contribution in [-0.2, 0) is 0 Å². The van der Waals surface area contributed by atoms with Gasteiger partial charge < -0.3 is 20.8 Å². The molecule has 0 saturated heterocycles. The molecule has 1 rings (SSSR count). The van der Waals surface area contributed by atoms with Gasteiger partial charge in [0.25, 0.3) is 0 Å². The Morgan fingerprint density at radius 3 is 2.65 bits per heavy atom. The highest BCUT2D eigenvalue weighted by molar-refractivity contribution is 5.90. The molecule has 0 atom stereocenters. The van der Waals surface area contributed by atoms with E-state index in [0.29, 0.717) is 18.7 Å². The second-order valence-corrected chi connectivity index (χ2v) is 3.74. The molecule has 0 radical (unpaired) electrons. The van der Waals surface area contributed by atoms with Crippen molar-refractivity contribution in [2.75, 3.05) is 30.3 Å². The predicted molar refractivity (Wildman–Crippen MR) is 67.4 cm³/mol. The molecule has 0 unspecified atom stereocenters. The van der Waals surface area contributed by atoms with Gasteiger partial charge in [0, 0.05) is 19.7 Å². The molecule has 0 spiro atoms. The summed E-state index contributed by atoms with van der Waals surface area (Å²) in [6.45, 7) is 3.58. The van der Waals surface area contributed by atoms with E-state index < -0.39 is 5.97 Å². The van der Waals surface area contributed by atoms with Crippen molar-refractivity contribution in [3.63, 3.8) is 0 Å². The Bertz CT molecular complexity index is 393. The molecule has 0 saturated carbocycles. The summed E-state index contributed by atoms with van der Waals surface area (Å²) in [5.74, 6) is -0.985. The third-order valence-electron chi connectivity index (χ3n) is 2.58. The van der Waals surface area contributed by atoms with Gasteiger partial charge in [-0.05, 0) is 31.5 Å². The maximum absolute atomic E-state index is 10.8. The Balaban J connectivity index is 2.92. The molecule has 0 aromatic heterocycles. The van der Waals surface area contributed by atoms with Crippen molar-refractivity contribution in [2.24, 2.45) is 0 Å². The Kier molecular flexibility index (Phi) is 4.78. The normalized spacial score (nSPS) is 10.2. The molecule has 1 aromatic rings. The number of carboxylic acids is 1. The molecule has 17 heavy (non-hydrogen) atoms. The minimum atomic E-state index is -0.985. The maximum atomic E-state index is 10.8. The van der Waals surface area contributed by atoms with E-state index in [9.17, 15) is 4.79 Å². The van der Waals surface area contributed by atoms with E-state index >= 15 is 0 Å². The van der Waals surface area contributed by atoms with Gasteiger partial charge in [0.1, 0.15) is 0 Å². The molecule has 0 aliphatic heterocycles. The number of benzene rings is 1. The highest BCUT2D eigenvalue weighted by atomic mass is 16.4. The zero-order valence-electron chi connectivity index (χ0n) is 9.89. The second-order valence-electron chi connectivity index (χ2n) is 3.74. The van der Waals surface area contributed by atoms with Gasteiger partial charge in [-0.25, -0.2) is 4.79 Å². The fourth-order valence-electron chi connectivity index (χ4n) is 1.69. The van der Waals surface area contributed by atoms with Crippen molar-refractivity contribution in [3.8, 4) is 0 Å². The van der Waals surface area contributed by atoms with Gasteiger partial charge >= 0.3 is 5.97 Å². The first-order chi connectivity index (χ1) is 8.10. The maximum Gasteiger partial charge on any atom is 0.335 e. The van der Waals surface area contributed by atoms with Crippen molar-refractivity contribution < 1.29 is 15.0 Å². The molecule has 0 amide bonds. The van der Waals surface area contributed by atoms with Crippen molar-refractivity contribution in [3.05, 3.63) is 23.8 Å². The lowest BCUT2D eigenvalue weighted by molar-refractivity contribution is 0.0697. The van der Waals surface area contributed by atoms with Crippen molar-refractivity contribution in [1.82, 2.24) is 0 Å². The van der Waals surface area contributed by atoms with Gasteiger partial charge in [-0.1, -0.05) is 0 Å². The molecule has 0 heterocycles. The van der Waals surface area contributed by atoms with Gasteiger partial charge in [-0.15, -0.1) is 0 Å². The fourth-order valence-corrected chi connectivity index (χ4v) is 1.69. The first kappa shape index (κ1) is 13.3. The molecule has 94 valence electrons. The summed E-state index contributed by atoms with van der Waals surface area (Å²) in [5, 5.41) is 17.6. The first-order valence-electron chi connectivity index (χ1n) is 5.58. The Hall–Kier alpha value is -1.75. The van der Waals surface area contributed by atoms with Gasteiger partial charge in [0.2, 0.25) is 0 Å². The number of hydrogen-bond acceptors (Lipinski definition) is 4. The highest BCUT2D eigenvalue weighted by Crippen LogP contribution is 2.24. The number of carbonyl (C=O) groups is 1. The summed E-state index contributed by atoms with van der Waals surface area (Å²) in [6.07, 6.45) is 0.661. The smallest absolute Gasteiger partial charge is 0.335 e. The van der Waals surface area contributed by atoms with Gasteiger partial charge in [-0.2, -0.15) is 0 Å². The lowest BCUT2D eigenvalue weighted by atomic mass is 10.1. The lowest BCUT2D eigenvalue weighted by Gasteiger charge is -2.24. The second kappa shape index (κ2) is 6.10. The quantitative estimate of drug-likeness (QED) is 0.648. The number of carboxylic acid groups (broad SMARTS) is 1. The van der Waals surface area contributed by atoms with Crippen LogP contribution in [0.5, 0.6) is 0 Å². The molecule has 0 aliphatic carbocycles. The van der Waals surface area contributed by atoms with Crippen molar-refractivity contribution in [1.29, 1.82) is 0 Å². The van der Waals surface area contributed by atoms with Crippen LogP contribution in [0, 0.1) is 0 Å². The summed E-state index contributed by atoms with van der Waals surface area (Å²) in [4.78, 5) is 12.8. The standard InChI is InChI=1S/C12H18N2O3/c1-2-14(6-3-7-15)11-5-4-9(12(16)17)8-10(11)13/h4-5,8,15H,2-3,6-7,13H2,1H3,(H,16,17). The molecule has 0 fully saturated rings. The minimum Gasteiger partial charge on any atom is -0.478 e. The predicted octanol–water partition coefficient (Wildman–Crippen LogP) is 1.18. The molecular formula is C12H18N2O3. The molecule has 0 aliphatic rings. The number of aromatic carboxylic acids is 1. The molecular weight excluding hydrogens is 220 g/mol. The van der Waals surface area contributed by atoms with E-state index in [4.69, 9.17) is 15.9 Å². The summed E-state index contributed by atoms with van der Waals surface area (Å²) in [5.41, 5.74) is 7.28.